The number of halogens is 1. The summed E-state index contributed by atoms with van der Waals surface area (Å²) in [6.07, 6.45) is 0. The molecule has 0 fully saturated rings. The molecule has 0 aliphatic heterocycles. The van der Waals surface area contributed by atoms with Crippen molar-refractivity contribution >= 4 is 23.4 Å². The number of rotatable bonds is 5. The number of hydrogen-bond acceptors (Lipinski definition) is 2. The van der Waals surface area contributed by atoms with Crippen molar-refractivity contribution < 1.29 is 4.74 Å². The SMILES string of the molecule is CC(CCl)SCCOC(C)(C)C. The summed E-state index contributed by atoms with van der Waals surface area (Å²) < 4.78 is 5.56. The Morgan fingerprint density at radius 2 is 2.00 bits per heavy atom. The van der Waals surface area contributed by atoms with Crippen LogP contribution in [0.15, 0.2) is 0 Å². The fourth-order valence-corrected chi connectivity index (χ4v) is 1.58. The van der Waals surface area contributed by atoms with Gasteiger partial charge in [-0.25, -0.2) is 0 Å². The van der Waals surface area contributed by atoms with Crippen LogP contribution in [0.5, 0.6) is 0 Å². The molecule has 0 aromatic carbocycles. The topological polar surface area (TPSA) is 9.23 Å². The molecule has 1 unspecified atom stereocenters. The fourth-order valence-electron chi connectivity index (χ4n) is 0.642. The molecule has 0 rings (SSSR count). The first-order valence-corrected chi connectivity index (χ1v) is 5.85. The largest absolute Gasteiger partial charge is 0.375 e. The quantitative estimate of drug-likeness (QED) is 0.509. The van der Waals surface area contributed by atoms with E-state index in [4.69, 9.17) is 16.3 Å². The highest BCUT2D eigenvalue weighted by atomic mass is 35.5. The van der Waals surface area contributed by atoms with Gasteiger partial charge in [0.05, 0.1) is 12.2 Å². The molecular weight excluding hydrogens is 192 g/mol. The predicted molar refractivity (Wildman–Crippen MR) is 58.3 cm³/mol. The molecule has 0 aliphatic carbocycles. The van der Waals surface area contributed by atoms with Crippen molar-refractivity contribution in [2.24, 2.45) is 0 Å². The Hall–Kier alpha value is 0.600. The van der Waals surface area contributed by atoms with E-state index in [2.05, 4.69) is 27.7 Å². The van der Waals surface area contributed by atoms with Crippen LogP contribution in [0.4, 0.5) is 0 Å². The van der Waals surface area contributed by atoms with E-state index in [1.54, 1.807) is 0 Å². The van der Waals surface area contributed by atoms with E-state index < -0.39 is 0 Å². The van der Waals surface area contributed by atoms with Gasteiger partial charge < -0.3 is 4.74 Å². The van der Waals surface area contributed by atoms with Crippen molar-refractivity contribution in [2.75, 3.05) is 18.2 Å². The normalized spacial score (nSPS) is 14.8. The minimum absolute atomic E-state index is 0.00916. The molecule has 0 spiro atoms. The van der Waals surface area contributed by atoms with E-state index in [0.29, 0.717) is 5.25 Å². The molecule has 0 bridgehead atoms. The Labute approximate surface area is 85.2 Å². The summed E-state index contributed by atoms with van der Waals surface area (Å²) in [5.74, 6) is 1.76. The minimum atomic E-state index is -0.00916. The van der Waals surface area contributed by atoms with Crippen LogP contribution in [-0.4, -0.2) is 29.1 Å². The van der Waals surface area contributed by atoms with Gasteiger partial charge in [0.1, 0.15) is 0 Å². The lowest BCUT2D eigenvalue weighted by molar-refractivity contribution is 0.00692. The zero-order valence-electron chi connectivity index (χ0n) is 8.39. The van der Waals surface area contributed by atoms with Gasteiger partial charge in [-0.15, -0.1) is 11.6 Å². The molecule has 0 aromatic rings. The summed E-state index contributed by atoms with van der Waals surface area (Å²) in [7, 11) is 0. The van der Waals surface area contributed by atoms with Crippen molar-refractivity contribution in [3.05, 3.63) is 0 Å². The maximum atomic E-state index is 5.66. The molecule has 0 saturated carbocycles. The van der Waals surface area contributed by atoms with Crippen LogP contribution in [-0.2, 0) is 4.74 Å². The van der Waals surface area contributed by atoms with Crippen LogP contribution in [0, 0.1) is 0 Å². The number of ether oxygens (including phenoxy) is 1. The van der Waals surface area contributed by atoms with Crippen LogP contribution in [0.2, 0.25) is 0 Å². The van der Waals surface area contributed by atoms with Crippen molar-refractivity contribution in [1.82, 2.24) is 0 Å². The van der Waals surface area contributed by atoms with Gasteiger partial charge in [-0.2, -0.15) is 11.8 Å². The van der Waals surface area contributed by atoms with Gasteiger partial charge >= 0.3 is 0 Å². The zero-order chi connectivity index (χ0) is 9.61. The van der Waals surface area contributed by atoms with Gasteiger partial charge in [0.2, 0.25) is 0 Å². The molecule has 0 N–H and O–H groups in total. The second-order valence-corrected chi connectivity index (χ2v) is 5.65. The van der Waals surface area contributed by atoms with Gasteiger partial charge in [0.25, 0.3) is 0 Å². The highest BCUT2D eigenvalue weighted by Gasteiger charge is 2.09. The summed E-state index contributed by atoms with van der Waals surface area (Å²) in [6, 6.07) is 0. The first-order valence-electron chi connectivity index (χ1n) is 4.27. The molecule has 0 aromatic heterocycles. The standard InChI is InChI=1S/C9H19ClOS/c1-8(7-10)12-6-5-11-9(2,3)4/h8H,5-7H2,1-4H3. The van der Waals surface area contributed by atoms with Crippen molar-refractivity contribution in [2.45, 2.75) is 38.5 Å². The summed E-state index contributed by atoms with van der Waals surface area (Å²) in [4.78, 5) is 0. The van der Waals surface area contributed by atoms with Crippen molar-refractivity contribution in [1.29, 1.82) is 0 Å². The van der Waals surface area contributed by atoms with Crippen LogP contribution < -0.4 is 0 Å². The second kappa shape index (κ2) is 6.11. The van der Waals surface area contributed by atoms with Gasteiger partial charge in [0, 0.05) is 16.9 Å². The van der Waals surface area contributed by atoms with Gasteiger partial charge in [-0.1, -0.05) is 6.92 Å². The lowest BCUT2D eigenvalue weighted by atomic mass is 10.2. The summed E-state index contributed by atoms with van der Waals surface area (Å²) in [5.41, 5.74) is -0.00916. The third-order valence-electron chi connectivity index (χ3n) is 1.24. The predicted octanol–water partition coefficient (Wildman–Crippen LogP) is 3.16. The van der Waals surface area contributed by atoms with Gasteiger partial charge in [0.15, 0.2) is 0 Å². The molecule has 0 aliphatic rings. The van der Waals surface area contributed by atoms with Crippen LogP contribution >= 0.6 is 23.4 Å². The average Bonchev–Trinajstić information content (AvgIpc) is 1.96. The smallest absolute Gasteiger partial charge is 0.0598 e. The number of alkyl halides is 1. The van der Waals surface area contributed by atoms with E-state index in [0.717, 1.165) is 18.2 Å². The van der Waals surface area contributed by atoms with E-state index in [1.165, 1.54) is 0 Å². The average molecular weight is 211 g/mol. The molecule has 1 nitrogen and oxygen atoms in total. The molecule has 1 atom stereocenters. The summed E-state index contributed by atoms with van der Waals surface area (Å²) >= 11 is 7.52. The Bertz CT molecular complexity index is 112. The maximum Gasteiger partial charge on any atom is 0.0598 e. The number of thioether (sulfide) groups is 1. The third kappa shape index (κ3) is 8.69. The van der Waals surface area contributed by atoms with Crippen molar-refractivity contribution in [3.63, 3.8) is 0 Å². The molecule has 3 heteroatoms. The van der Waals surface area contributed by atoms with Crippen LogP contribution in [0.3, 0.4) is 0 Å². The maximum absolute atomic E-state index is 5.66. The number of hydrogen-bond donors (Lipinski definition) is 0. The molecule has 0 heterocycles. The highest BCUT2D eigenvalue weighted by Crippen LogP contribution is 2.13. The highest BCUT2D eigenvalue weighted by molar-refractivity contribution is 7.99. The van der Waals surface area contributed by atoms with E-state index in [1.807, 2.05) is 11.8 Å². The van der Waals surface area contributed by atoms with E-state index in [-0.39, 0.29) is 5.60 Å². The zero-order valence-corrected chi connectivity index (χ0v) is 9.97. The lowest BCUT2D eigenvalue weighted by Gasteiger charge is -2.19. The molecule has 0 saturated heterocycles. The van der Waals surface area contributed by atoms with Crippen LogP contribution in [0.25, 0.3) is 0 Å². The van der Waals surface area contributed by atoms with Gasteiger partial charge in [-0.05, 0) is 20.8 Å². The van der Waals surface area contributed by atoms with Gasteiger partial charge in [-0.3, -0.25) is 0 Å². The molecule has 0 radical (unpaired) electrons. The minimum Gasteiger partial charge on any atom is -0.375 e. The fraction of sp³-hybridized carbons (Fsp3) is 1.00. The molecule has 12 heavy (non-hydrogen) atoms. The first kappa shape index (κ1) is 12.6. The lowest BCUT2D eigenvalue weighted by Crippen LogP contribution is -2.21. The Balaban J connectivity index is 3.22. The Morgan fingerprint density at radius 1 is 1.42 bits per heavy atom. The first-order chi connectivity index (χ1) is 5.45. The second-order valence-electron chi connectivity index (χ2n) is 3.80. The van der Waals surface area contributed by atoms with Crippen LogP contribution in [0.1, 0.15) is 27.7 Å². The molecule has 74 valence electrons. The molecular formula is C9H19ClOS. The summed E-state index contributed by atoms with van der Waals surface area (Å²) in [5, 5.41) is 0.537. The van der Waals surface area contributed by atoms with E-state index >= 15 is 0 Å². The monoisotopic (exact) mass is 210 g/mol. The molecule has 0 amide bonds. The summed E-state index contributed by atoms with van der Waals surface area (Å²) in [6.45, 7) is 9.16. The van der Waals surface area contributed by atoms with Crippen molar-refractivity contribution in [3.8, 4) is 0 Å². The third-order valence-corrected chi connectivity index (χ3v) is 3.02. The Kier molecular flexibility index (Phi) is 6.42. The van der Waals surface area contributed by atoms with E-state index in [9.17, 15) is 0 Å². The Morgan fingerprint density at radius 3 is 2.42 bits per heavy atom.